The zero-order valence-electron chi connectivity index (χ0n) is 23.6. The molecular formula is C33H38N4O3. The highest BCUT2D eigenvalue weighted by molar-refractivity contribution is 6.50. The van der Waals surface area contributed by atoms with Gasteiger partial charge in [0.1, 0.15) is 0 Å². The summed E-state index contributed by atoms with van der Waals surface area (Å²) in [6.07, 6.45) is 7.72. The topological polar surface area (TPSA) is 77.3 Å². The molecule has 2 aromatic carbocycles. The number of fused-ring (bicyclic) bond motifs is 12. The van der Waals surface area contributed by atoms with Crippen LogP contribution >= 0.6 is 0 Å². The van der Waals surface area contributed by atoms with Crippen LogP contribution in [-0.2, 0) is 27.4 Å². The van der Waals surface area contributed by atoms with E-state index in [-0.39, 0.29) is 17.9 Å². The highest BCUT2D eigenvalue weighted by Crippen LogP contribution is 2.39. The molecule has 208 valence electrons. The Hall–Kier alpha value is -3.94. The molecular weight excluding hydrogens is 500 g/mol. The molecule has 4 heterocycles. The molecule has 2 aliphatic rings. The molecule has 0 spiro atoms. The number of para-hydroxylation sites is 2. The van der Waals surface area contributed by atoms with E-state index in [2.05, 4.69) is 52.3 Å². The molecule has 7 nitrogen and oxygen atoms in total. The summed E-state index contributed by atoms with van der Waals surface area (Å²) in [4.78, 5) is 26.5. The highest BCUT2D eigenvalue weighted by Gasteiger charge is 2.35. The fraction of sp³-hybridized carbons (Fsp3) is 0.333. The largest absolute Gasteiger partial charge is 0.375 e. The number of rotatable bonds is 4. The van der Waals surface area contributed by atoms with Crippen LogP contribution < -0.4 is 10.6 Å². The van der Waals surface area contributed by atoms with Gasteiger partial charge in [-0.05, 0) is 38.8 Å². The molecule has 4 bridgehead atoms. The summed E-state index contributed by atoms with van der Waals surface area (Å²) in [5, 5.41) is 8.10. The molecule has 2 aromatic heterocycles. The molecule has 40 heavy (non-hydrogen) atoms. The molecule has 2 N–H and O–H groups in total. The van der Waals surface area contributed by atoms with E-state index in [4.69, 9.17) is 4.74 Å². The Labute approximate surface area is 235 Å². The third kappa shape index (κ3) is 5.27. The SMILES string of the molecule is C=CC.CCC(C)NCC1CCn2cc(c3ccccc32)C2=C(C(=O)NC2=O)c2cn(c3ccccc23)CCO1. The molecule has 2 unspecified atom stereocenters. The van der Waals surface area contributed by atoms with Crippen molar-refractivity contribution in [1.29, 1.82) is 0 Å². The van der Waals surface area contributed by atoms with E-state index in [1.54, 1.807) is 6.08 Å². The number of amides is 2. The maximum Gasteiger partial charge on any atom is 0.259 e. The second-order valence-corrected chi connectivity index (χ2v) is 10.4. The lowest BCUT2D eigenvalue weighted by Crippen LogP contribution is -2.36. The summed E-state index contributed by atoms with van der Waals surface area (Å²) in [5.74, 6) is -0.690. The lowest BCUT2D eigenvalue weighted by molar-refractivity contribution is -0.122. The van der Waals surface area contributed by atoms with Crippen molar-refractivity contribution in [3.63, 3.8) is 0 Å². The standard InChI is InChI=1S/C30H32N4O3.C3H6/c1-3-19(2)31-16-20-12-13-33-17-23(21-8-4-6-10-25(21)33)27-28(30(36)32-29(27)35)24-18-34(14-15-37-20)26-11-7-5-9-22(24)26;1-3-2/h4-11,17-20,31H,3,12-16H2,1-2H3,(H,32,35,36);3H,1H2,2H3. The smallest absolute Gasteiger partial charge is 0.259 e. The van der Waals surface area contributed by atoms with Gasteiger partial charge in [0.05, 0.1) is 23.9 Å². The fourth-order valence-electron chi connectivity index (χ4n) is 5.55. The number of ether oxygens (including phenoxy) is 1. The van der Waals surface area contributed by atoms with Crippen LogP contribution in [0.1, 0.15) is 44.7 Å². The Morgan fingerprint density at radius 1 is 0.975 bits per heavy atom. The Bertz CT molecular complexity index is 1590. The maximum atomic E-state index is 13.3. The number of benzene rings is 2. The zero-order valence-corrected chi connectivity index (χ0v) is 23.6. The molecule has 7 heteroatoms. The van der Waals surface area contributed by atoms with Crippen molar-refractivity contribution in [2.75, 3.05) is 13.2 Å². The van der Waals surface area contributed by atoms with Crippen LogP contribution in [0.5, 0.6) is 0 Å². The Balaban J connectivity index is 0.00000103. The van der Waals surface area contributed by atoms with Gasteiger partial charge >= 0.3 is 0 Å². The van der Waals surface area contributed by atoms with Crippen molar-refractivity contribution < 1.29 is 14.3 Å². The highest BCUT2D eigenvalue weighted by atomic mass is 16.5. The Morgan fingerprint density at radius 2 is 1.50 bits per heavy atom. The summed E-state index contributed by atoms with van der Waals surface area (Å²) >= 11 is 0. The van der Waals surface area contributed by atoms with Crippen LogP contribution in [0, 0.1) is 0 Å². The van der Waals surface area contributed by atoms with Gasteiger partial charge in [-0.3, -0.25) is 14.9 Å². The van der Waals surface area contributed by atoms with Crippen LogP contribution in [0.4, 0.5) is 0 Å². The monoisotopic (exact) mass is 538 g/mol. The van der Waals surface area contributed by atoms with E-state index in [0.29, 0.717) is 30.3 Å². The quantitative estimate of drug-likeness (QED) is 0.265. The normalized spacial score (nSPS) is 18.1. The average Bonchev–Trinajstić information content (AvgIpc) is 3.60. The summed E-state index contributed by atoms with van der Waals surface area (Å²) in [7, 11) is 0. The second kappa shape index (κ2) is 12.1. The number of allylic oxidation sites excluding steroid dienone is 1. The van der Waals surface area contributed by atoms with Gasteiger partial charge in [0.2, 0.25) is 0 Å². The molecule has 4 aromatic rings. The number of hydrogen-bond donors (Lipinski definition) is 2. The first kappa shape index (κ1) is 27.6. The van der Waals surface area contributed by atoms with E-state index >= 15 is 0 Å². The number of carbonyl (C=O) groups is 2. The molecule has 0 saturated carbocycles. The molecule has 6 rings (SSSR count). The number of imide groups is 1. The molecule has 2 aliphatic heterocycles. The lowest BCUT2D eigenvalue weighted by Gasteiger charge is -2.22. The number of aromatic nitrogens is 2. The van der Waals surface area contributed by atoms with Crippen LogP contribution in [0.3, 0.4) is 0 Å². The van der Waals surface area contributed by atoms with Crippen molar-refractivity contribution in [3.8, 4) is 0 Å². The summed E-state index contributed by atoms with van der Waals surface area (Å²) < 4.78 is 10.8. The minimum Gasteiger partial charge on any atom is -0.375 e. The second-order valence-electron chi connectivity index (χ2n) is 10.4. The van der Waals surface area contributed by atoms with Gasteiger partial charge < -0.3 is 19.2 Å². The molecule has 0 fully saturated rings. The van der Waals surface area contributed by atoms with Gasteiger partial charge in [-0.1, -0.05) is 49.4 Å². The first-order chi connectivity index (χ1) is 19.5. The van der Waals surface area contributed by atoms with Gasteiger partial charge in [-0.2, -0.15) is 0 Å². The van der Waals surface area contributed by atoms with Crippen molar-refractivity contribution in [1.82, 2.24) is 19.8 Å². The van der Waals surface area contributed by atoms with Crippen LogP contribution in [0.25, 0.3) is 33.0 Å². The first-order valence-corrected chi connectivity index (χ1v) is 14.1. The van der Waals surface area contributed by atoms with Crippen LogP contribution in [0.15, 0.2) is 73.6 Å². The van der Waals surface area contributed by atoms with Crippen LogP contribution in [-0.4, -0.2) is 46.2 Å². The van der Waals surface area contributed by atoms with Gasteiger partial charge in [0, 0.05) is 71.0 Å². The fourth-order valence-corrected chi connectivity index (χ4v) is 5.55. The lowest BCUT2D eigenvalue weighted by atomic mass is 9.95. The van der Waals surface area contributed by atoms with E-state index in [1.807, 2.05) is 55.7 Å². The van der Waals surface area contributed by atoms with Crippen LogP contribution in [0.2, 0.25) is 0 Å². The van der Waals surface area contributed by atoms with Gasteiger partial charge in [-0.15, -0.1) is 6.58 Å². The van der Waals surface area contributed by atoms with Crippen molar-refractivity contribution in [3.05, 3.63) is 84.7 Å². The van der Waals surface area contributed by atoms with Crippen molar-refractivity contribution >= 4 is 44.8 Å². The van der Waals surface area contributed by atoms with Gasteiger partial charge in [0.25, 0.3) is 11.8 Å². The molecule has 2 amide bonds. The minimum atomic E-state index is -0.348. The third-order valence-corrected chi connectivity index (χ3v) is 7.73. The summed E-state index contributed by atoms with van der Waals surface area (Å²) in [6.45, 7) is 12.4. The van der Waals surface area contributed by atoms with Gasteiger partial charge in [0.15, 0.2) is 0 Å². The van der Waals surface area contributed by atoms with Crippen molar-refractivity contribution in [2.45, 2.75) is 58.8 Å². The minimum absolute atomic E-state index is 0.0500. The van der Waals surface area contributed by atoms with E-state index in [1.165, 1.54) is 0 Å². The number of nitrogens with zero attached hydrogens (tertiary/aromatic N) is 2. The number of carbonyl (C=O) groups excluding carboxylic acids is 2. The van der Waals surface area contributed by atoms with E-state index < -0.39 is 0 Å². The van der Waals surface area contributed by atoms with Gasteiger partial charge in [-0.25, -0.2) is 0 Å². The zero-order chi connectivity index (χ0) is 28.2. The first-order valence-electron chi connectivity index (χ1n) is 14.1. The summed E-state index contributed by atoms with van der Waals surface area (Å²) in [5.41, 5.74) is 4.52. The molecule has 0 radical (unpaired) electrons. The predicted molar refractivity (Wildman–Crippen MR) is 162 cm³/mol. The van der Waals surface area contributed by atoms with E-state index in [9.17, 15) is 9.59 Å². The molecule has 2 atom stereocenters. The molecule has 0 aliphatic carbocycles. The third-order valence-electron chi connectivity index (χ3n) is 7.73. The number of aryl methyl sites for hydroxylation is 1. The van der Waals surface area contributed by atoms with Crippen molar-refractivity contribution in [2.24, 2.45) is 0 Å². The summed E-state index contributed by atoms with van der Waals surface area (Å²) in [6, 6.07) is 16.6. The molecule has 0 saturated heterocycles. The maximum absolute atomic E-state index is 13.3. The number of hydrogen-bond acceptors (Lipinski definition) is 4. The average molecular weight is 539 g/mol. The predicted octanol–water partition coefficient (Wildman–Crippen LogP) is 5.53. The Kier molecular flexibility index (Phi) is 8.33. The van der Waals surface area contributed by atoms with E-state index in [0.717, 1.165) is 58.9 Å². The number of nitrogens with one attached hydrogen (secondary N) is 2. The Morgan fingerprint density at radius 3 is 2.05 bits per heavy atom.